The van der Waals surface area contributed by atoms with E-state index in [1.807, 2.05) is 13.8 Å². The highest BCUT2D eigenvalue weighted by atomic mass is 35.5. The molecule has 0 aromatic heterocycles. The van der Waals surface area contributed by atoms with E-state index in [-0.39, 0.29) is 22.8 Å². The number of phenolic OH excluding ortho intramolecular Hbond substituents is 1. The van der Waals surface area contributed by atoms with Crippen molar-refractivity contribution >= 4 is 29.1 Å². The number of benzene rings is 2. The number of carbonyl (C=O) groups is 2. The van der Waals surface area contributed by atoms with Gasteiger partial charge in [0.05, 0.1) is 18.7 Å². The minimum Gasteiger partial charge on any atom is -0.507 e. The van der Waals surface area contributed by atoms with E-state index in [0.717, 1.165) is 13.1 Å². The summed E-state index contributed by atoms with van der Waals surface area (Å²) >= 11 is 5.95. The fourth-order valence-electron chi connectivity index (χ4n) is 3.87. The van der Waals surface area contributed by atoms with Crippen LogP contribution in [0.4, 0.5) is 0 Å². The summed E-state index contributed by atoms with van der Waals surface area (Å²) in [5.41, 5.74) is 0.922. The Morgan fingerprint density at radius 2 is 1.78 bits per heavy atom. The second-order valence-corrected chi connectivity index (χ2v) is 7.89. The molecule has 3 rings (SSSR count). The van der Waals surface area contributed by atoms with Crippen LogP contribution in [-0.4, -0.2) is 65.0 Å². The van der Waals surface area contributed by atoms with Crippen LogP contribution in [0.1, 0.15) is 31.0 Å². The highest BCUT2D eigenvalue weighted by molar-refractivity contribution is 6.46. The first-order valence-corrected chi connectivity index (χ1v) is 10.8. The van der Waals surface area contributed by atoms with Crippen molar-refractivity contribution in [3.05, 3.63) is 64.2 Å². The van der Waals surface area contributed by atoms with Gasteiger partial charge in [0.1, 0.15) is 5.76 Å². The number of rotatable bonds is 8. The molecule has 1 aliphatic heterocycles. The van der Waals surface area contributed by atoms with E-state index in [9.17, 15) is 19.8 Å². The largest absolute Gasteiger partial charge is 0.507 e. The zero-order chi connectivity index (χ0) is 23.4. The number of ketones is 1. The van der Waals surface area contributed by atoms with Gasteiger partial charge in [-0.2, -0.15) is 0 Å². The molecule has 8 heteroatoms. The predicted octanol–water partition coefficient (Wildman–Crippen LogP) is 3.82. The molecule has 32 heavy (non-hydrogen) atoms. The standard InChI is InChI=1S/C24H27ClN2O5/c1-4-26(5-2)12-13-27-21(16-8-11-18(28)19(14-16)32-3)20(23(30)24(27)31)22(29)15-6-9-17(25)10-7-15/h6-11,14,21,28-29H,4-5,12-13H2,1-3H3/b22-20+/t21-/m0/s1. The van der Waals surface area contributed by atoms with Crippen molar-refractivity contribution in [3.8, 4) is 11.5 Å². The number of likely N-dealkylation sites (N-methyl/N-ethyl adjacent to an activating group) is 1. The molecule has 2 aromatic carbocycles. The first kappa shape index (κ1) is 23.6. The fraction of sp³-hybridized carbons (Fsp3) is 0.333. The minimum atomic E-state index is -0.823. The van der Waals surface area contributed by atoms with Crippen LogP contribution in [0.25, 0.3) is 5.76 Å². The van der Waals surface area contributed by atoms with Crippen molar-refractivity contribution < 1.29 is 24.5 Å². The Morgan fingerprint density at radius 3 is 2.38 bits per heavy atom. The Hall–Kier alpha value is -3.03. The number of phenols is 1. The molecular weight excluding hydrogens is 432 g/mol. The maximum Gasteiger partial charge on any atom is 0.295 e. The highest BCUT2D eigenvalue weighted by Gasteiger charge is 2.46. The Kier molecular flexibility index (Phi) is 7.43. The normalized spacial score (nSPS) is 17.9. The van der Waals surface area contributed by atoms with E-state index in [1.54, 1.807) is 36.4 Å². The van der Waals surface area contributed by atoms with Crippen LogP contribution in [0, 0.1) is 0 Å². The van der Waals surface area contributed by atoms with Crippen LogP contribution in [0.3, 0.4) is 0 Å². The number of Topliss-reactive ketones (excluding diaryl/α,β-unsaturated/α-hetero) is 1. The lowest BCUT2D eigenvalue weighted by Crippen LogP contribution is -2.38. The van der Waals surface area contributed by atoms with Gasteiger partial charge in [-0.15, -0.1) is 0 Å². The summed E-state index contributed by atoms with van der Waals surface area (Å²) in [5, 5.41) is 21.5. The SMILES string of the molecule is CCN(CC)CCN1C(=O)C(=O)/C(=C(/O)c2ccc(Cl)cc2)[C@@H]1c1ccc(O)c(OC)c1. The topological polar surface area (TPSA) is 90.3 Å². The zero-order valence-corrected chi connectivity index (χ0v) is 19.1. The quantitative estimate of drug-likeness (QED) is 0.355. The molecule has 0 aliphatic carbocycles. The van der Waals surface area contributed by atoms with Crippen molar-refractivity contribution in [3.63, 3.8) is 0 Å². The number of aliphatic hydroxyl groups is 1. The van der Waals surface area contributed by atoms with Crippen molar-refractivity contribution in [2.24, 2.45) is 0 Å². The maximum atomic E-state index is 13.1. The van der Waals surface area contributed by atoms with Gasteiger partial charge in [0.2, 0.25) is 0 Å². The van der Waals surface area contributed by atoms with E-state index in [2.05, 4.69) is 4.90 Å². The summed E-state index contributed by atoms with van der Waals surface area (Å²) in [6, 6.07) is 10.2. The average molecular weight is 459 g/mol. The van der Waals surface area contributed by atoms with E-state index < -0.39 is 17.7 Å². The summed E-state index contributed by atoms with van der Waals surface area (Å²) < 4.78 is 5.22. The molecule has 0 spiro atoms. The van der Waals surface area contributed by atoms with Crippen LogP contribution in [0.2, 0.25) is 5.02 Å². The summed E-state index contributed by atoms with van der Waals surface area (Å²) in [6.45, 7) is 6.55. The molecule has 7 nitrogen and oxygen atoms in total. The molecule has 1 fully saturated rings. The molecule has 1 aliphatic rings. The second kappa shape index (κ2) is 10.1. The number of likely N-dealkylation sites (tertiary alicyclic amines) is 1. The van der Waals surface area contributed by atoms with Gasteiger partial charge in [0.15, 0.2) is 11.5 Å². The molecule has 2 aromatic rings. The van der Waals surface area contributed by atoms with Gasteiger partial charge < -0.3 is 24.7 Å². The first-order chi connectivity index (χ1) is 15.3. The van der Waals surface area contributed by atoms with Gasteiger partial charge >= 0.3 is 0 Å². The number of aromatic hydroxyl groups is 1. The number of methoxy groups -OCH3 is 1. The molecule has 0 unspecified atom stereocenters. The third-order valence-corrected chi connectivity index (χ3v) is 5.98. The highest BCUT2D eigenvalue weighted by Crippen LogP contribution is 2.41. The molecule has 2 N–H and O–H groups in total. The summed E-state index contributed by atoms with van der Waals surface area (Å²) in [5.74, 6) is -1.56. The number of carbonyl (C=O) groups excluding carboxylic acids is 2. The number of ether oxygens (including phenoxy) is 1. The van der Waals surface area contributed by atoms with Gasteiger partial charge in [-0.3, -0.25) is 9.59 Å². The number of amides is 1. The van der Waals surface area contributed by atoms with Crippen molar-refractivity contribution in [2.75, 3.05) is 33.3 Å². The van der Waals surface area contributed by atoms with Gasteiger partial charge in [0.25, 0.3) is 11.7 Å². The fourth-order valence-corrected chi connectivity index (χ4v) is 4.00. The molecule has 0 radical (unpaired) electrons. The lowest BCUT2D eigenvalue weighted by Gasteiger charge is -2.28. The monoisotopic (exact) mass is 458 g/mol. The van der Waals surface area contributed by atoms with E-state index in [1.165, 1.54) is 18.1 Å². The zero-order valence-electron chi connectivity index (χ0n) is 18.3. The molecule has 1 heterocycles. The Morgan fingerprint density at radius 1 is 1.12 bits per heavy atom. The third-order valence-electron chi connectivity index (χ3n) is 5.73. The second-order valence-electron chi connectivity index (χ2n) is 7.46. The molecular formula is C24H27ClN2O5. The van der Waals surface area contributed by atoms with Crippen LogP contribution in [0.15, 0.2) is 48.0 Å². The third kappa shape index (κ3) is 4.59. The van der Waals surface area contributed by atoms with Crippen LogP contribution in [0.5, 0.6) is 11.5 Å². The minimum absolute atomic E-state index is 0.00962. The summed E-state index contributed by atoms with van der Waals surface area (Å²) in [4.78, 5) is 29.7. The molecule has 0 bridgehead atoms. The Balaban J connectivity index is 2.13. The summed E-state index contributed by atoms with van der Waals surface area (Å²) in [7, 11) is 1.42. The van der Waals surface area contributed by atoms with Gasteiger partial charge in [-0.25, -0.2) is 0 Å². The van der Waals surface area contributed by atoms with Crippen LogP contribution < -0.4 is 4.74 Å². The lowest BCUT2D eigenvalue weighted by atomic mass is 9.95. The van der Waals surface area contributed by atoms with Crippen molar-refractivity contribution in [1.29, 1.82) is 0 Å². The molecule has 1 saturated heterocycles. The Bertz CT molecular complexity index is 1030. The van der Waals surface area contributed by atoms with E-state index >= 15 is 0 Å². The number of halogens is 1. The van der Waals surface area contributed by atoms with Gasteiger partial charge in [0, 0.05) is 23.7 Å². The van der Waals surface area contributed by atoms with Gasteiger partial charge in [-0.05, 0) is 55.1 Å². The van der Waals surface area contributed by atoms with Crippen LogP contribution >= 0.6 is 11.6 Å². The number of hydrogen-bond acceptors (Lipinski definition) is 6. The van der Waals surface area contributed by atoms with E-state index in [4.69, 9.17) is 16.3 Å². The lowest BCUT2D eigenvalue weighted by molar-refractivity contribution is -0.140. The average Bonchev–Trinajstić information content (AvgIpc) is 3.05. The summed E-state index contributed by atoms with van der Waals surface area (Å²) in [6.07, 6.45) is 0. The van der Waals surface area contributed by atoms with Crippen LogP contribution in [-0.2, 0) is 9.59 Å². The van der Waals surface area contributed by atoms with Crippen molar-refractivity contribution in [2.45, 2.75) is 19.9 Å². The predicted molar refractivity (Wildman–Crippen MR) is 123 cm³/mol. The first-order valence-electron chi connectivity index (χ1n) is 10.5. The molecule has 1 atom stereocenters. The van der Waals surface area contributed by atoms with Gasteiger partial charge in [-0.1, -0.05) is 31.5 Å². The number of aliphatic hydroxyl groups excluding tert-OH is 1. The molecule has 0 saturated carbocycles. The Labute approximate surface area is 192 Å². The smallest absolute Gasteiger partial charge is 0.295 e. The number of hydrogen-bond donors (Lipinski definition) is 2. The van der Waals surface area contributed by atoms with Crippen molar-refractivity contribution in [1.82, 2.24) is 9.80 Å². The maximum absolute atomic E-state index is 13.1. The van der Waals surface area contributed by atoms with E-state index in [0.29, 0.717) is 29.2 Å². The number of nitrogens with zero attached hydrogens (tertiary/aromatic N) is 2. The molecule has 1 amide bonds. The molecule has 170 valence electrons.